The summed E-state index contributed by atoms with van der Waals surface area (Å²) in [6, 6.07) is 7.93. The Kier molecular flexibility index (Phi) is 6.17. The van der Waals surface area contributed by atoms with E-state index in [4.69, 9.17) is 17.3 Å². The first kappa shape index (κ1) is 16.1. The zero-order valence-electron chi connectivity index (χ0n) is 11.2. The highest BCUT2D eigenvalue weighted by molar-refractivity contribution is 8.03. The van der Waals surface area contributed by atoms with Crippen molar-refractivity contribution in [1.82, 2.24) is 10.2 Å². The highest BCUT2D eigenvalue weighted by Gasteiger charge is 2.22. The second-order valence-electron chi connectivity index (χ2n) is 4.20. The van der Waals surface area contributed by atoms with Crippen LogP contribution in [0.25, 0.3) is 0 Å². The van der Waals surface area contributed by atoms with Crippen LogP contribution in [0.5, 0.6) is 0 Å². The van der Waals surface area contributed by atoms with Crippen molar-refractivity contribution in [2.24, 2.45) is 5.73 Å². The fourth-order valence-corrected chi connectivity index (χ4v) is 4.79. The van der Waals surface area contributed by atoms with Gasteiger partial charge in [0.25, 0.3) is 0 Å². The Hall–Kier alpha value is -0.270. The topological polar surface area (TPSA) is 51.8 Å². The van der Waals surface area contributed by atoms with E-state index in [1.807, 2.05) is 24.5 Å². The molecule has 2 atom stereocenters. The standard InChI is InChI=1S/C13H16ClN3S3/c1-3-10(15)11(8-5-4-6-9(14)7-8)19-13-17-16-12(18-2)20-13/h4-7,10-11H,3,15H2,1-2H3. The predicted octanol–water partition coefficient (Wildman–Crippen LogP) is 4.48. The van der Waals surface area contributed by atoms with Gasteiger partial charge in [-0.1, -0.05) is 65.5 Å². The lowest BCUT2D eigenvalue weighted by molar-refractivity contribution is 0.634. The van der Waals surface area contributed by atoms with Crippen LogP contribution in [0.4, 0.5) is 0 Å². The number of hydrogen-bond donors (Lipinski definition) is 1. The van der Waals surface area contributed by atoms with Crippen LogP contribution in [0.3, 0.4) is 0 Å². The number of aromatic nitrogens is 2. The fourth-order valence-electron chi connectivity index (χ4n) is 1.74. The van der Waals surface area contributed by atoms with E-state index in [0.29, 0.717) is 0 Å². The number of nitrogens with zero attached hydrogens (tertiary/aromatic N) is 2. The van der Waals surface area contributed by atoms with Crippen LogP contribution in [0, 0.1) is 0 Å². The molecule has 0 radical (unpaired) electrons. The van der Waals surface area contributed by atoms with Crippen LogP contribution in [-0.4, -0.2) is 22.5 Å². The molecule has 1 aromatic carbocycles. The van der Waals surface area contributed by atoms with Crippen molar-refractivity contribution in [2.75, 3.05) is 6.26 Å². The number of nitrogens with two attached hydrogens (primary N) is 1. The van der Waals surface area contributed by atoms with Gasteiger partial charge in [-0.05, 0) is 30.4 Å². The molecular weight excluding hydrogens is 330 g/mol. The Labute approximate surface area is 136 Å². The first-order chi connectivity index (χ1) is 9.63. The molecular formula is C13H16ClN3S3. The Morgan fingerprint density at radius 1 is 1.35 bits per heavy atom. The molecule has 3 nitrogen and oxygen atoms in total. The van der Waals surface area contributed by atoms with Gasteiger partial charge in [-0.2, -0.15) is 0 Å². The van der Waals surface area contributed by atoms with Gasteiger partial charge < -0.3 is 5.73 Å². The molecule has 0 bridgehead atoms. The summed E-state index contributed by atoms with van der Waals surface area (Å²) in [6.07, 6.45) is 2.90. The minimum Gasteiger partial charge on any atom is -0.326 e. The average molecular weight is 346 g/mol. The Morgan fingerprint density at radius 2 is 2.10 bits per heavy atom. The average Bonchev–Trinajstić information content (AvgIpc) is 2.91. The van der Waals surface area contributed by atoms with Crippen LogP contribution in [0.1, 0.15) is 24.2 Å². The highest BCUT2D eigenvalue weighted by Crippen LogP contribution is 2.40. The van der Waals surface area contributed by atoms with Crippen molar-refractivity contribution in [1.29, 1.82) is 0 Å². The quantitative estimate of drug-likeness (QED) is 0.782. The number of rotatable bonds is 6. The second-order valence-corrected chi connectivity index (χ2v) is 8.06. The molecule has 0 aliphatic heterocycles. The molecule has 0 amide bonds. The van der Waals surface area contributed by atoms with E-state index >= 15 is 0 Å². The Morgan fingerprint density at radius 3 is 2.70 bits per heavy atom. The van der Waals surface area contributed by atoms with E-state index in [9.17, 15) is 0 Å². The molecule has 0 fully saturated rings. The summed E-state index contributed by atoms with van der Waals surface area (Å²) >= 11 is 11.0. The van der Waals surface area contributed by atoms with Gasteiger partial charge in [0.1, 0.15) is 0 Å². The molecule has 0 saturated heterocycles. The van der Waals surface area contributed by atoms with Crippen molar-refractivity contribution in [3.63, 3.8) is 0 Å². The van der Waals surface area contributed by atoms with E-state index in [1.54, 1.807) is 34.9 Å². The number of hydrogen-bond acceptors (Lipinski definition) is 6. The fraction of sp³-hybridized carbons (Fsp3) is 0.385. The lowest BCUT2D eigenvalue weighted by Gasteiger charge is -2.21. The summed E-state index contributed by atoms with van der Waals surface area (Å²) in [4.78, 5) is 0. The van der Waals surface area contributed by atoms with Gasteiger partial charge in [-0.3, -0.25) is 0 Å². The van der Waals surface area contributed by atoms with Gasteiger partial charge in [-0.25, -0.2) is 0 Å². The smallest absolute Gasteiger partial charge is 0.175 e. The number of halogens is 1. The summed E-state index contributed by atoms with van der Waals surface area (Å²) in [5.74, 6) is 0. The van der Waals surface area contributed by atoms with E-state index in [0.717, 1.165) is 25.7 Å². The Bertz CT molecular complexity index is 561. The van der Waals surface area contributed by atoms with Crippen LogP contribution in [-0.2, 0) is 0 Å². The maximum atomic E-state index is 6.27. The van der Waals surface area contributed by atoms with Crippen molar-refractivity contribution in [3.8, 4) is 0 Å². The third-order valence-corrected chi connectivity index (χ3v) is 6.45. The van der Waals surface area contributed by atoms with Gasteiger partial charge in [0, 0.05) is 11.1 Å². The first-order valence-electron chi connectivity index (χ1n) is 6.19. The first-order valence-corrected chi connectivity index (χ1v) is 9.49. The zero-order valence-corrected chi connectivity index (χ0v) is 14.5. The zero-order chi connectivity index (χ0) is 14.5. The van der Waals surface area contributed by atoms with E-state index in [2.05, 4.69) is 23.2 Å². The van der Waals surface area contributed by atoms with Crippen molar-refractivity contribution < 1.29 is 0 Å². The summed E-state index contributed by atoms with van der Waals surface area (Å²) in [5, 5.41) is 9.22. The van der Waals surface area contributed by atoms with Gasteiger partial charge in [0.2, 0.25) is 0 Å². The van der Waals surface area contributed by atoms with Gasteiger partial charge in [-0.15, -0.1) is 10.2 Å². The molecule has 20 heavy (non-hydrogen) atoms. The summed E-state index contributed by atoms with van der Waals surface area (Å²) < 4.78 is 1.92. The minimum absolute atomic E-state index is 0.0556. The highest BCUT2D eigenvalue weighted by atomic mass is 35.5. The molecule has 2 rings (SSSR count). The summed E-state index contributed by atoms with van der Waals surface area (Å²) in [5.41, 5.74) is 7.41. The molecule has 2 N–H and O–H groups in total. The monoisotopic (exact) mass is 345 g/mol. The largest absolute Gasteiger partial charge is 0.326 e. The van der Waals surface area contributed by atoms with Gasteiger partial charge in [0.15, 0.2) is 8.68 Å². The molecule has 2 aromatic rings. The van der Waals surface area contributed by atoms with Crippen LogP contribution < -0.4 is 5.73 Å². The molecule has 2 unspecified atom stereocenters. The maximum absolute atomic E-state index is 6.27. The minimum atomic E-state index is 0.0556. The van der Waals surface area contributed by atoms with Crippen molar-refractivity contribution in [3.05, 3.63) is 34.9 Å². The third-order valence-electron chi connectivity index (χ3n) is 2.83. The predicted molar refractivity (Wildman–Crippen MR) is 90.0 cm³/mol. The van der Waals surface area contributed by atoms with Gasteiger partial charge in [0.05, 0.1) is 5.25 Å². The lowest BCUT2D eigenvalue weighted by atomic mass is 10.0. The summed E-state index contributed by atoms with van der Waals surface area (Å²) in [6.45, 7) is 2.09. The summed E-state index contributed by atoms with van der Waals surface area (Å²) in [7, 11) is 0. The van der Waals surface area contributed by atoms with Crippen LogP contribution in [0.15, 0.2) is 32.9 Å². The molecule has 1 heterocycles. The SMILES string of the molecule is CCC(N)C(Sc1nnc(SC)s1)c1cccc(Cl)c1. The molecule has 1 aromatic heterocycles. The molecule has 0 spiro atoms. The van der Waals surface area contributed by atoms with Crippen molar-refractivity contribution in [2.45, 2.75) is 33.3 Å². The molecule has 0 aliphatic rings. The second kappa shape index (κ2) is 7.66. The number of thioether (sulfide) groups is 2. The normalized spacial score (nSPS) is 14.2. The molecule has 0 saturated carbocycles. The van der Waals surface area contributed by atoms with E-state index in [1.165, 1.54) is 0 Å². The van der Waals surface area contributed by atoms with Crippen molar-refractivity contribution >= 4 is 46.5 Å². The lowest BCUT2D eigenvalue weighted by Crippen LogP contribution is -2.25. The Balaban J connectivity index is 2.23. The van der Waals surface area contributed by atoms with Crippen LogP contribution in [0.2, 0.25) is 5.02 Å². The van der Waals surface area contributed by atoms with E-state index in [-0.39, 0.29) is 11.3 Å². The van der Waals surface area contributed by atoms with Crippen LogP contribution >= 0.6 is 46.5 Å². The molecule has 0 aliphatic carbocycles. The van der Waals surface area contributed by atoms with E-state index < -0.39 is 0 Å². The molecule has 108 valence electrons. The molecule has 7 heteroatoms. The van der Waals surface area contributed by atoms with Gasteiger partial charge >= 0.3 is 0 Å². The number of benzene rings is 1. The maximum Gasteiger partial charge on any atom is 0.175 e. The third kappa shape index (κ3) is 4.11.